The van der Waals surface area contributed by atoms with Gasteiger partial charge in [0.05, 0.1) is 10.1 Å². The van der Waals surface area contributed by atoms with Gasteiger partial charge in [-0.05, 0) is 26.7 Å². The molecule has 7 heteroatoms. The number of hydrogen-bond acceptors (Lipinski definition) is 4. The van der Waals surface area contributed by atoms with Crippen LogP contribution >= 0.6 is 11.8 Å². The first kappa shape index (κ1) is 15.8. The monoisotopic (exact) mass is 295 g/mol. The minimum absolute atomic E-state index is 0.0801. The molecular weight excluding hydrogens is 274 g/mol. The molecule has 1 aliphatic heterocycles. The van der Waals surface area contributed by atoms with E-state index in [-0.39, 0.29) is 11.3 Å². The van der Waals surface area contributed by atoms with E-state index >= 15 is 0 Å². The molecule has 0 amide bonds. The molecule has 1 heterocycles. The van der Waals surface area contributed by atoms with E-state index in [4.69, 9.17) is 0 Å². The van der Waals surface area contributed by atoms with Gasteiger partial charge in [0.25, 0.3) is 0 Å². The Morgan fingerprint density at radius 2 is 1.89 bits per heavy atom. The van der Waals surface area contributed by atoms with Crippen LogP contribution in [0.2, 0.25) is 0 Å². The number of nitrogens with zero attached hydrogens (tertiary/aromatic N) is 1. The van der Waals surface area contributed by atoms with Crippen LogP contribution in [0.25, 0.3) is 0 Å². The Bertz CT molecular complexity index is 425. The molecule has 1 aliphatic rings. The molecule has 0 aromatic heterocycles. The van der Waals surface area contributed by atoms with Gasteiger partial charge in [-0.1, -0.05) is 13.8 Å². The summed E-state index contributed by atoms with van der Waals surface area (Å²) in [6, 6.07) is -0.952. The van der Waals surface area contributed by atoms with E-state index in [0.29, 0.717) is 5.75 Å². The van der Waals surface area contributed by atoms with Crippen molar-refractivity contribution in [3.8, 4) is 0 Å². The van der Waals surface area contributed by atoms with E-state index in [1.54, 1.807) is 20.8 Å². The van der Waals surface area contributed by atoms with Gasteiger partial charge in [0.15, 0.2) is 0 Å². The van der Waals surface area contributed by atoms with Crippen LogP contribution in [0.5, 0.6) is 0 Å². The van der Waals surface area contributed by atoms with E-state index in [2.05, 4.69) is 0 Å². The van der Waals surface area contributed by atoms with Crippen molar-refractivity contribution in [1.82, 2.24) is 4.31 Å². The quantitative estimate of drug-likeness (QED) is 0.856. The summed E-state index contributed by atoms with van der Waals surface area (Å²) in [6.45, 7) is 8.62. The first-order valence-electron chi connectivity index (χ1n) is 5.87. The number of rotatable bonds is 3. The van der Waals surface area contributed by atoms with Crippen molar-refractivity contribution in [3.63, 3.8) is 0 Å². The Morgan fingerprint density at radius 3 is 2.22 bits per heavy atom. The third-order valence-corrected chi connectivity index (χ3v) is 7.23. The van der Waals surface area contributed by atoms with E-state index < -0.39 is 26.8 Å². The summed E-state index contributed by atoms with van der Waals surface area (Å²) in [6.07, 6.45) is 0. The first-order valence-corrected chi connectivity index (χ1v) is 8.36. The van der Waals surface area contributed by atoms with Gasteiger partial charge in [0, 0.05) is 5.75 Å². The van der Waals surface area contributed by atoms with Gasteiger partial charge in [-0.3, -0.25) is 4.79 Å². The molecule has 1 fully saturated rings. The molecule has 0 aromatic carbocycles. The zero-order valence-corrected chi connectivity index (χ0v) is 13.0. The number of thioether (sulfide) groups is 1. The number of carboxylic acid groups (broad SMARTS) is 1. The lowest BCUT2D eigenvalue weighted by Crippen LogP contribution is -2.52. The van der Waals surface area contributed by atoms with Crippen LogP contribution in [0.15, 0.2) is 0 Å². The maximum Gasteiger partial charge on any atom is 0.322 e. The fourth-order valence-corrected chi connectivity index (χ4v) is 5.43. The largest absolute Gasteiger partial charge is 0.480 e. The fraction of sp³-hybridized carbons (Fsp3) is 0.909. The number of hydrogen-bond donors (Lipinski definition) is 1. The molecule has 106 valence electrons. The minimum atomic E-state index is -3.63. The van der Waals surface area contributed by atoms with Crippen molar-refractivity contribution in [1.29, 1.82) is 0 Å². The van der Waals surface area contributed by atoms with Crippen molar-refractivity contribution in [2.45, 2.75) is 50.8 Å². The van der Waals surface area contributed by atoms with E-state index in [0.717, 1.165) is 0 Å². The zero-order chi connectivity index (χ0) is 14.3. The maximum atomic E-state index is 12.5. The van der Waals surface area contributed by atoms with Crippen molar-refractivity contribution < 1.29 is 18.3 Å². The highest BCUT2D eigenvalue weighted by Crippen LogP contribution is 2.39. The number of carbonyl (C=O) groups is 1. The fourth-order valence-electron chi connectivity index (χ4n) is 1.80. The van der Waals surface area contributed by atoms with E-state index in [9.17, 15) is 18.3 Å². The lowest BCUT2D eigenvalue weighted by molar-refractivity contribution is -0.140. The highest BCUT2D eigenvalue weighted by Gasteiger charge is 2.50. The normalized spacial score (nSPS) is 26.8. The highest BCUT2D eigenvalue weighted by atomic mass is 32.2. The molecule has 1 N–H and O–H groups in total. The predicted molar refractivity (Wildman–Crippen MR) is 73.0 cm³/mol. The molecule has 0 spiro atoms. The first-order chi connectivity index (χ1) is 8.00. The molecule has 2 unspecified atom stereocenters. The average Bonchev–Trinajstić information content (AvgIpc) is 2.59. The topological polar surface area (TPSA) is 74.7 Å². The summed E-state index contributed by atoms with van der Waals surface area (Å²) < 4.78 is 25.3. The SMILES string of the molecule is CC(C)C1SCC(C(=O)O)N1S(=O)(=O)C(C)(C)C. The molecule has 0 saturated carbocycles. The molecule has 0 aromatic rings. The molecule has 1 rings (SSSR count). The van der Waals surface area contributed by atoms with Gasteiger partial charge in [-0.15, -0.1) is 11.8 Å². The molecule has 0 radical (unpaired) electrons. The molecule has 0 aliphatic carbocycles. The summed E-state index contributed by atoms with van der Waals surface area (Å²) >= 11 is 1.40. The maximum absolute atomic E-state index is 12.5. The average molecular weight is 295 g/mol. The smallest absolute Gasteiger partial charge is 0.322 e. The van der Waals surface area contributed by atoms with E-state index in [1.807, 2.05) is 13.8 Å². The molecular formula is C11H21NO4S2. The third-order valence-electron chi connectivity index (χ3n) is 2.89. The Morgan fingerprint density at radius 1 is 1.39 bits per heavy atom. The van der Waals surface area contributed by atoms with Crippen LogP contribution in [0.4, 0.5) is 0 Å². The molecule has 18 heavy (non-hydrogen) atoms. The number of aliphatic carboxylic acids is 1. The van der Waals surface area contributed by atoms with Crippen molar-refractivity contribution in [3.05, 3.63) is 0 Å². The van der Waals surface area contributed by atoms with Crippen LogP contribution in [0.1, 0.15) is 34.6 Å². The number of sulfonamides is 1. The summed E-state index contributed by atoms with van der Waals surface area (Å²) in [4.78, 5) is 11.2. The minimum Gasteiger partial charge on any atom is -0.480 e. The molecule has 1 saturated heterocycles. The van der Waals surface area contributed by atoms with Gasteiger partial charge in [0.1, 0.15) is 6.04 Å². The van der Waals surface area contributed by atoms with Gasteiger partial charge in [-0.2, -0.15) is 4.31 Å². The van der Waals surface area contributed by atoms with Crippen molar-refractivity contribution >= 4 is 27.8 Å². The summed E-state index contributed by atoms with van der Waals surface area (Å²) in [5, 5.41) is 8.90. The van der Waals surface area contributed by atoms with Crippen LogP contribution in [-0.4, -0.2) is 45.7 Å². The van der Waals surface area contributed by atoms with E-state index in [1.165, 1.54) is 16.1 Å². The zero-order valence-electron chi connectivity index (χ0n) is 11.4. The van der Waals surface area contributed by atoms with Gasteiger partial charge >= 0.3 is 5.97 Å². The lowest BCUT2D eigenvalue weighted by Gasteiger charge is -2.34. The highest BCUT2D eigenvalue weighted by molar-refractivity contribution is 8.01. The van der Waals surface area contributed by atoms with Gasteiger partial charge in [0.2, 0.25) is 10.0 Å². The van der Waals surface area contributed by atoms with Crippen LogP contribution in [0, 0.1) is 5.92 Å². The molecule has 5 nitrogen and oxygen atoms in total. The predicted octanol–water partition coefficient (Wildman–Crippen LogP) is 1.60. The van der Waals surface area contributed by atoms with Crippen LogP contribution < -0.4 is 0 Å². The Balaban J connectivity index is 3.24. The lowest BCUT2D eigenvalue weighted by atomic mass is 10.2. The second-order valence-electron chi connectivity index (χ2n) is 5.77. The Hall–Kier alpha value is -0.270. The Labute approximate surface area is 113 Å². The van der Waals surface area contributed by atoms with Gasteiger partial charge < -0.3 is 5.11 Å². The third kappa shape index (κ3) is 2.67. The van der Waals surface area contributed by atoms with Crippen LogP contribution in [-0.2, 0) is 14.8 Å². The second-order valence-corrected chi connectivity index (χ2v) is 9.52. The number of carboxylic acids is 1. The van der Waals surface area contributed by atoms with Crippen molar-refractivity contribution in [2.24, 2.45) is 5.92 Å². The van der Waals surface area contributed by atoms with Crippen LogP contribution in [0.3, 0.4) is 0 Å². The van der Waals surface area contributed by atoms with Crippen molar-refractivity contribution in [2.75, 3.05) is 5.75 Å². The standard InChI is InChI=1S/C11H21NO4S2/c1-7(2)9-12(8(6-17-9)10(13)14)18(15,16)11(3,4)5/h7-9H,6H2,1-5H3,(H,13,14). The van der Waals surface area contributed by atoms with Gasteiger partial charge in [-0.25, -0.2) is 8.42 Å². The molecule has 0 bridgehead atoms. The summed E-state index contributed by atoms with van der Waals surface area (Å²) in [7, 11) is -3.63. The summed E-state index contributed by atoms with van der Waals surface area (Å²) in [5.41, 5.74) is 0. The Kier molecular flexibility index (Phi) is 4.40. The summed E-state index contributed by atoms with van der Waals surface area (Å²) in [5.74, 6) is -0.678. The second kappa shape index (κ2) is 5.02. The molecule has 2 atom stereocenters.